The first kappa shape index (κ1) is 7.83. The lowest BCUT2D eigenvalue weighted by Crippen LogP contribution is -2.28. The number of fused-ring (bicyclic) bond motifs is 1. The van der Waals surface area contributed by atoms with E-state index in [1.165, 1.54) is 0 Å². The van der Waals surface area contributed by atoms with Crippen molar-refractivity contribution in [3.8, 4) is 0 Å². The molecule has 0 aromatic heterocycles. The summed E-state index contributed by atoms with van der Waals surface area (Å²) in [7, 11) is -0.754. The van der Waals surface area contributed by atoms with Crippen molar-refractivity contribution in [2.24, 2.45) is 0 Å². The van der Waals surface area contributed by atoms with Gasteiger partial charge < -0.3 is 9.68 Å². The van der Waals surface area contributed by atoms with Gasteiger partial charge in [0.2, 0.25) is 0 Å². The third kappa shape index (κ3) is 0.975. The van der Waals surface area contributed by atoms with E-state index >= 15 is 0 Å². The molecular formula is C9H11BO2. The summed E-state index contributed by atoms with van der Waals surface area (Å²) in [5.74, 6) is 0. The van der Waals surface area contributed by atoms with Gasteiger partial charge in [-0.15, -0.1) is 0 Å². The molecule has 2 rings (SSSR count). The first-order chi connectivity index (χ1) is 5.61. The predicted octanol–water partition coefficient (Wildman–Crippen LogP) is 0.639. The van der Waals surface area contributed by atoms with Crippen LogP contribution in [0.3, 0.4) is 0 Å². The SMILES string of the molecule is CC1(C)OB(O)c2ccccc21. The van der Waals surface area contributed by atoms with Crippen molar-refractivity contribution in [3.63, 3.8) is 0 Å². The Kier molecular flexibility index (Phi) is 1.53. The van der Waals surface area contributed by atoms with Crippen molar-refractivity contribution in [3.05, 3.63) is 29.8 Å². The van der Waals surface area contributed by atoms with Gasteiger partial charge in [-0.1, -0.05) is 24.3 Å². The minimum Gasteiger partial charge on any atom is -0.423 e. The molecule has 0 radical (unpaired) electrons. The highest BCUT2D eigenvalue weighted by Gasteiger charge is 2.39. The summed E-state index contributed by atoms with van der Waals surface area (Å²) < 4.78 is 5.37. The standard InChI is InChI=1S/C9H11BO2/c1-9(2)7-5-3-4-6-8(7)10(11)12-9/h3-6,11H,1-2H3. The van der Waals surface area contributed by atoms with E-state index in [9.17, 15) is 5.02 Å². The molecule has 1 aromatic rings. The van der Waals surface area contributed by atoms with Crippen LogP contribution in [0.2, 0.25) is 0 Å². The van der Waals surface area contributed by atoms with Gasteiger partial charge in [0.05, 0.1) is 5.60 Å². The van der Waals surface area contributed by atoms with Crippen LogP contribution >= 0.6 is 0 Å². The van der Waals surface area contributed by atoms with Crippen molar-refractivity contribution in [1.82, 2.24) is 0 Å². The largest absolute Gasteiger partial charge is 0.492 e. The van der Waals surface area contributed by atoms with Crippen molar-refractivity contribution >= 4 is 12.6 Å². The highest BCUT2D eigenvalue weighted by Crippen LogP contribution is 2.28. The van der Waals surface area contributed by atoms with Gasteiger partial charge in [-0.2, -0.15) is 0 Å². The van der Waals surface area contributed by atoms with Gasteiger partial charge in [0.15, 0.2) is 0 Å². The average Bonchev–Trinajstić information content (AvgIpc) is 2.25. The van der Waals surface area contributed by atoms with E-state index in [1.807, 2.05) is 38.1 Å². The predicted molar refractivity (Wildman–Crippen MR) is 48.2 cm³/mol. The first-order valence-electron chi connectivity index (χ1n) is 4.06. The average molecular weight is 162 g/mol. The van der Waals surface area contributed by atoms with Crippen LogP contribution in [-0.2, 0) is 10.3 Å². The molecule has 1 aliphatic heterocycles. The van der Waals surface area contributed by atoms with Crippen LogP contribution in [0.5, 0.6) is 0 Å². The molecule has 1 N–H and O–H groups in total. The maximum atomic E-state index is 9.49. The summed E-state index contributed by atoms with van der Waals surface area (Å²) in [6, 6.07) is 7.76. The molecule has 0 saturated heterocycles. The molecule has 0 bridgehead atoms. The molecule has 0 atom stereocenters. The number of hydrogen-bond acceptors (Lipinski definition) is 2. The van der Waals surface area contributed by atoms with Gasteiger partial charge in [-0.05, 0) is 24.9 Å². The molecule has 0 unspecified atom stereocenters. The maximum absolute atomic E-state index is 9.49. The Balaban J connectivity index is 2.58. The van der Waals surface area contributed by atoms with Gasteiger partial charge in [0.25, 0.3) is 0 Å². The molecule has 0 saturated carbocycles. The summed E-state index contributed by atoms with van der Waals surface area (Å²) in [5.41, 5.74) is 1.62. The van der Waals surface area contributed by atoms with Crippen LogP contribution in [-0.4, -0.2) is 12.1 Å². The van der Waals surface area contributed by atoms with Crippen LogP contribution in [0.1, 0.15) is 19.4 Å². The lowest BCUT2D eigenvalue weighted by atomic mass is 9.78. The third-order valence-electron chi connectivity index (χ3n) is 2.28. The van der Waals surface area contributed by atoms with Gasteiger partial charge in [-0.25, -0.2) is 0 Å². The zero-order valence-corrected chi connectivity index (χ0v) is 7.24. The lowest BCUT2D eigenvalue weighted by molar-refractivity contribution is 0.101. The molecule has 62 valence electrons. The number of hydrogen-bond donors (Lipinski definition) is 1. The zero-order chi connectivity index (χ0) is 8.77. The molecular weight excluding hydrogens is 151 g/mol. The second-order valence-corrected chi connectivity index (χ2v) is 3.57. The van der Waals surface area contributed by atoms with E-state index in [0.29, 0.717) is 0 Å². The van der Waals surface area contributed by atoms with Crippen molar-refractivity contribution in [2.45, 2.75) is 19.4 Å². The normalized spacial score (nSPS) is 19.4. The summed E-state index contributed by atoms with van der Waals surface area (Å²) in [5, 5.41) is 9.49. The van der Waals surface area contributed by atoms with E-state index in [4.69, 9.17) is 4.65 Å². The van der Waals surface area contributed by atoms with E-state index in [1.54, 1.807) is 0 Å². The van der Waals surface area contributed by atoms with Crippen LogP contribution in [0.4, 0.5) is 0 Å². The smallest absolute Gasteiger partial charge is 0.423 e. The highest BCUT2D eigenvalue weighted by atomic mass is 16.5. The number of benzene rings is 1. The Morgan fingerprint density at radius 1 is 1.33 bits per heavy atom. The molecule has 1 aliphatic rings. The van der Waals surface area contributed by atoms with Crippen molar-refractivity contribution < 1.29 is 9.68 Å². The fourth-order valence-electron chi connectivity index (χ4n) is 1.67. The Labute approximate surface area is 72.3 Å². The van der Waals surface area contributed by atoms with Crippen molar-refractivity contribution in [1.29, 1.82) is 0 Å². The summed E-state index contributed by atoms with van der Waals surface area (Å²) in [4.78, 5) is 0. The molecule has 2 nitrogen and oxygen atoms in total. The Morgan fingerprint density at radius 3 is 2.67 bits per heavy atom. The fourth-order valence-corrected chi connectivity index (χ4v) is 1.67. The van der Waals surface area contributed by atoms with E-state index in [2.05, 4.69) is 0 Å². The molecule has 12 heavy (non-hydrogen) atoms. The topological polar surface area (TPSA) is 29.5 Å². The van der Waals surface area contributed by atoms with Crippen LogP contribution in [0, 0.1) is 0 Å². The lowest BCUT2D eigenvalue weighted by Gasteiger charge is -2.19. The minimum atomic E-state index is -0.754. The minimum absolute atomic E-state index is 0.351. The third-order valence-corrected chi connectivity index (χ3v) is 2.28. The molecule has 1 heterocycles. The molecule has 0 fully saturated rings. The van der Waals surface area contributed by atoms with E-state index < -0.39 is 7.12 Å². The Bertz CT molecular complexity index is 309. The summed E-state index contributed by atoms with van der Waals surface area (Å²) in [6.45, 7) is 3.92. The Morgan fingerprint density at radius 2 is 2.00 bits per heavy atom. The summed E-state index contributed by atoms with van der Waals surface area (Å²) in [6.07, 6.45) is 0. The monoisotopic (exact) mass is 162 g/mol. The molecule has 1 aromatic carbocycles. The van der Waals surface area contributed by atoms with Crippen LogP contribution < -0.4 is 5.46 Å². The summed E-state index contributed by atoms with van der Waals surface area (Å²) >= 11 is 0. The van der Waals surface area contributed by atoms with Gasteiger partial charge >= 0.3 is 7.12 Å². The second kappa shape index (κ2) is 2.34. The quantitative estimate of drug-likeness (QED) is 0.567. The Hall–Kier alpha value is -0.795. The molecule has 0 amide bonds. The van der Waals surface area contributed by atoms with Crippen molar-refractivity contribution in [2.75, 3.05) is 0 Å². The molecule has 3 heteroatoms. The van der Waals surface area contributed by atoms with Gasteiger partial charge in [0.1, 0.15) is 0 Å². The molecule has 0 aliphatic carbocycles. The second-order valence-electron chi connectivity index (χ2n) is 3.57. The van der Waals surface area contributed by atoms with Crippen LogP contribution in [0.25, 0.3) is 0 Å². The zero-order valence-electron chi connectivity index (χ0n) is 7.24. The fraction of sp³-hybridized carbons (Fsp3) is 0.333. The van der Waals surface area contributed by atoms with E-state index in [-0.39, 0.29) is 5.60 Å². The molecule has 0 spiro atoms. The van der Waals surface area contributed by atoms with Gasteiger partial charge in [0, 0.05) is 0 Å². The maximum Gasteiger partial charge on any atom is 0.492 e. The number of rotatable bonds is 0. The van der Waals surface area contributed by atoms with E-state index in [0.717, 1.165) is 11.0 Å². The first-order valence-corrected chi connectivity index (χ1v) is 4.06. The van der Waals surface area contributed by atoms with Crippen LogP contribution in [0.15, 0.2) is 24.3 Å². The highest BCUT2D eigenvalue weighted by molar-refractivity contribution is 6.61. The van der Waals surface area contributed by atoms with Gasteiger partial charge in [-0.3, -0.25) is 0 Å².